The fourth-order valence-electron chi connectivity index (χ4n) is 2.26. The van der Waals surface area contributed by atoms with Crippen molar-refractivity contribution < 1.29 is 13.5 Å². The summed E-state index contributed by atoms with van der Waals surface area (Å²) in [5.74, 6) is 0.0475. The van der Waals surface area contributed by atoms with E-state index in [9.17, 15) is 8.42 Å². The van der Waals surface area contributed by atoms with Gasteiger partial charge in [0.05, 0.1) is 4.90 Å². The van der Waals surface area contributed by atoms with Crippen molar-refractivity contribution in [2.45, 2.75) is 31.2 Å². The van der Waals surface area contributed by atoms with E-state index >= 15 is 0 Å². The predicted molar refractivity (Wildman–Crippen MR) is 74.4 cm³/mol. The molecule has 2 N–H and O–H groups in total. The quantitative estimate of drug-likeness (QED) is 0.822. The second-order valence-electron chi connectivity index (χ2n) is 5.06. The van der Waals surface area contributed by atoms with Crippen molar-refractivity contribution in [3.63, 3.8) is 0 Å². The highest BCUT2D eigenvalue weighted by molar-refractivity contribution is 7.89. The molecule has 1 aromatic rings. The van der Waals surface area contributed by atoms with Gasteiger partial charge in [0.25, 0.3) is 0 Å². The molecule has 0 fully saturated rings. The van der Waals surface area contributed by atoms with Crippen LogP contribution in [0.4, 0.5) is 0 Å². The molecule has 4 nitrogen and oxygen atoms in total. The molecular formula is C14H19NO3S. The third-order valence-electron chi connectivity index (χ3n) is 3.35. The van der Waals surface area contributed by atoms with Crippen molar-refractivity contribution in [2.24, 2.45) is 5.92 Å². The molecule has 2 rings (SSSR count). The lowest BCUT2D eigenvalue weighted by Crippen LogP contribution is -2.33. The molecule has 0 spiro atoms. The van der Waals surface area contributed by atoms with Gasteiger partial charge in [-0.15, -0.1) is 0 Å². The molecule has 2 atom stereocenters. The van der Waals surface area contributed by atoms with Crippen LogP contribution >= 0.6 is 0 Å². The summed E-state index contributed by atoms with van der Waals surface area (Å²) in [6.45, 7) is 3.71. The number of aliphatic hydroxyl groups excluding tert-OH is 1. The number of aryl methyl sites for hydroxylation is 2. The minimum Gasteiger partial charge on any atom is -0.396 e. The summed E-state index contributed by atoms with van der Waals surface area (Å²) < 4.78 is 27.4. The van der Waals surface area contributed by atoms with Gasteiger partial charge in [-0.3, -0.25) is 0 Å². The summed E-state index contributed by atoms with van der Waals surface area (Å²) in [5.41, 5.74) is 1.65. The van der Waals surface area contributed by atoms with Crippen LogP contribution in [0, 0.1) is 19.8 Å². The van der Waals surface area contributed by atoms with E-state index in [1.165, 1.54) is 0 Å². The average Bonchev–Trinajstić information content (AvgIpc) is 2.79. The zero-order valence-electron chi connectivity index (χ0n) is 11.1. The lowest BCUT2D eigenvalue weighted by atomic mass is 10.1. The Labute approximate surface area is 114 Å². The third-order valence-corrected chi connectivity index (χ3v) is 4.98. The van der Waals surface area contributed by atoms with Gasteiger partial charge >= 0.3 is 0 Å². The van der Waals surface area contributed by atoms with E-state index in [1.807, 2.05) is 31.2 Å². The highest BCUT2D eigenvalue weighted by Gasteiger charge is 2.25. The highest BCUT2D eigenvalue weighted by Crippen LogP contribution is 2.21. The van der Waals surface area contributed by atoms with Gasteiger partial charge < -0.3 is 5.11 Å². The monoisotopic (exact) mass is 281 g/mol. The molecule has 1 aliphatic rings. The number of aliphatic hydroxyl groups is 1. The minimum atomic E-state index is -3.51. The molecule has 19 heavy (non-hydrogen) atoms. The fraction of sp³-hybridized carbons (Fsp3) is 0.429. The zero-order valence-corrected chi connectivity index (χ0v) is 11.9. The van der Waals surface area contributed by atoms with Crippen LogP contribution in [0.15, 0.2) is 35.2 Å². The lowest BCUT2D eigenvalue weighted by Gasteiger charge is -2.15. The molecule has 104 valence electrons. The summed E-state index contributed by atoms with van der Waals surface area (Å²) in [6.07, 6.45) is 4.28. The van der Waals surface area contributed by atoms with Crippen LogP contribution in [-0.2, 0) is 10.0 Å². The normalized spacial score (nSPS) is 22.9. The third kappa shape index (κ3) is 3.23. The number of sulfonamides is 1. The number of hydrogen-bond donors (Lipinski definition) is 2. The van der Waals surface area contributed by atoms with Crippen LogP contribution in [0.2, 0.25) is 0 Å². The summed E-state index contributed by atoms with van der Waals surface area (Å²) in [4.78, 5) is 0.327. The standard InChI is InChI=1S/C14H19NO3S/c1-10-3-4-11(2)14(7-10)19(17,18)15-13-6-5-12(8-13)9-16/h3-7,12-13,15-16H,8-9H2,1-2H3/t12-,13+/m0/s1. The van der Waals surface area contributed by atoms with E-state index in [2.05, 4.69) is 4.72 Å². The maximum Gasteiger partial charge on any atom is 0.241 e. The molecule has 0 radical (unpaired) electrons. The largest absolute Gasteiger partial charge is 0.396 e. The molecule has 0 saturated carbocycles. The van der Waals surface area contributed by atoms with E-state index in [-0.39, 0.29) is 18.6 Å². The molecule has 1 aromatic carbocycles. The van der Waals surface area contributed by atoms with Crippen molar-refractivity contribution in [1.82, 2.24) is 4.72 Å². The minimum absolute atomic E-state index is 0.0475. The van der Waals surface area contributed by atoms with Crippen molar-refractivity contribution in [3.8, 4) is 0 Å². The van der Waals surface area contributed by atoms with Crippen molar-refractivity contribution in [2.75, 3.05) is 6.61 Å². The summed E-state index contributed by atoms with van der Waals surface area (Å²) >= 11 is 0. The van der Waals surface area contributed by atoms with Crippen molar-refractivity contribution in [3.05, 3.63) is 41.5 Å². The molecular weight excluding hydrogens is 262 g/mol. The van der Waals surface area contributed by atoms with Crippen molar-refractivity contribution in [1.29, 1.82) is 0 Å². The Hall–Kier alpha value is -1.17. The Bertz CT molecular complexity index is 593. The van der Waals surface area contributed by atoms with E-state index in [4.69, 9.17) is 5.11 Å². The number of rotatable bonds is 4. The topological polar surface area (TPSA) is 66.4 Å². The van der Waals surface area contributed by atoms with Gasteiger partial charge in [-0.2, -0.15) is 0 Å². The number of benzene rings is 1. The summed E-state index contributed by atoms with van der Waals surface area (Å²) in [7, 11) is -3.51. The first kappa shape index (κ1) is 14.2. The SMILES string of the molecule is Cc1ccc(C)c(S(=O)(=O)N[C@@H]2C=C[C@H](CO)C2)c1. The first-order valence-corrected chi connectivity index (χ1v) is 7.79. The van der Waals surface area contributed by atoms with Crippen LogP contribution in [0.25, 0.3) is 0 Å². The Morgan fingerprint density at radius 3 is 2.68 bits per heavy atom. The van der Waals surface area contributed by atoms with E-state index < -0.39 is 10.0 Å². The van der Waals surface area contributed by atoms with Crippen LogP contribution < -0.4 is 4.72 Å². The molecule has 0 aromatic heterocycles. The van der Waals surface area contributed by atoms with Crippen LogP contribution in [0.1, 0.15) is 17.5 Å². The zero-order chi connectivity index (χ0) is 14.0. The molecule has 0 unspecified atom stereocenters. The highest BCUT2D eigenvalue weighted by atomic mass is 32.2. The molecule has 5 heteroatoms. The maximum absolute atomic E-state index is 12.3. The Kier molecular flexibility index (Phi) is 4.08. The van der Waals surface area contributed by atoms with Gasteiger partial charge in [0.1, 0.15) is 0 Å². The smallest absolute Gasteiger partial charge is 0.241 e. The first-order valence-electron chi connectivity index (χ1n) is 6.31. The number of nitrogens with one attached hydrogen (secondary N) is 1. The molecule has 0 bridgehead atoms. The molecule has 1 aliphatic carbocycles. The fourth-order valence-corrected chi connectivity index (χ4v) is 3.79. The summed E-state index contributed by atoms with van der Waals surface area (Å²) in [6, 6.07) is 5.15. The van der Waals surface area contributed by atoms with Crippen LogP contribution in [0.5, 0.6) is 0 Å². The van der Waals surface area contributed by atoms with Gasteiger partial charge in [0, 0.05) is 18.6 Å². The average molecular weight is 281 g/mol. The maximum atomic E-state index is 12.3. The Morgan fingerprint density at radius 2 is 2.05 bits per heavy atom. The second-order valence-corrected chi connectivity index (χ2v) is 6.74. The molecule has 0 heterocycles. The van der Waals surface area contributed by atoms with Gasteiger partial charge in [-0.05, 0) is 37.5 Å². The Balaban J connectivity index is 2.20. The van der Waals surface area contributed by atoms with Crippen LogP contribution in [0.3, 0.4) is 0 Å². The molecule has 0 aliphatic heterocycles. The summed E-state index contributed by atoms with van der Waals surface area (Å²) in [5, 5.41) is 9.05. The lowest BCUT2D eigenvalue weighted by molar-refractivity contribution is 0.248. The van der Waals surface area contributed by atoms with Gasteiger partial charge in [-0.25, -0.2) is 13.1 Å². The Morgan fingerprint density at radius 1 is 1.32 bits per heavy atom. The van der Waals surface area contributed by atoms with Crippen molar-refractivity contribution >= 4 is 10.0 Å². The second kappa shape index (κ2) is 5.45. The van der Waals surface area contributed by atoms with Gasteiger partial charge in [0.2, 0.25) is 10.0 Å². The van der Waals surface area contributed by atoms with Gasteiger partial charge in [0.15, 0.2) is 0 Å². The van der Waals surface area contributed by atoms with E-state index in [0.29, 0.717) is 11.3 Å². The first-order chi connectivity index (χ1) is 8.92. The van der Waals surface area contributed by atoms with E-state index in [0.717, 1.165) is 11.1 Å². The van der Waals surface area contributed by atoms with Gasteiger partial charge in [-0.1, -0.05) is 24.3 Å². The number of hydrogen-bond acceptors (Lipinski definition) is 3. The van der Waals surface area contributed by atoms with E-state index in [1.54, 1.807) is 13.0 Å². The van der Waals surface area contributed by atoms with Crippen LogP contribution in [-0.4, -0.2) is 26.2 Å². The molecule has 0 saturated heterocycles. The predicted octanol–water partition coefficient (Wildman–Crippen LogP) is 1.52. The molecule has 0 amide bonds.